The molecule has 0 amide bonds. The van der Waals surface area contributed by atoms with Gasteiger partial charge in [0.15, 0.2) is 0 Å². The molecule has 0 fully saturated rings. The van der Waals surface area contributed by atoms with Crippen molar-refractivity contribution in [3.63, 3.8) is 0 Å². The Balaban J connectivity index is 2.58. The zero-order valence-electron chi connectivity index (χ0n) is 12.4. The van der Waals surface area contributed by atoms with Crippen LogP contribution in [0.1, 0.15) is 33.2 Å². The summed E-state index contributed by atoms with van der Waals surface area (Å²) in [5.41, 5.74) is 3.52. The highest BCUT2D eigenvalue weighted by atomic mass is 35.5. The first kappa shape index (κ1) is 15.8. The van der Waals surface area contributed by atoms with Crippen LogP contribution in [-0.4, -0.2) is 7.11 Å². The summed E-state index contributed by atoms with van der Waals surface area (Å²) < 4.78 is 33.2. The molecule has 0 radical (unpaired) electrons. The minimum Gasteiger partial charge on any atom is -0.497 e. The molecule has 0 saturated heterocycles. The van der Waals surface area contributed by atoms with E-state index in [4.69, 9.17) is 16.3 Å². The highest BCUT2D eigenvalue weighted by Crippen LogP contribution is 2.37. The smallest absolute Gasteiger partial charge is 0.134 e. The van der Waals surface area contributed by atoms with Crippen molar-refractivity contribution in [2.75, 3.05) is 7.11 Å². The lowest BCUT2D eigenvalue weighted by Crippen LogP contribution is -2.06. The molecule has 2 aromatic carbocycles. The van der Waals surface area contributed by atoms with Crippen LogP contribution in [0.25, 0.3) is 0 Å². The number of benzene rings is 2. The highest BCUT2D eigenvalue weighted by molar-refractivity contribution is 6.22. The second-order valence-corrected chi connectivity index (χ2v) is 5.62. The van der Waals surface area contributed by atoms with E-state index in [1.165, 1.54) is 7.11 Å². The van der Waals surface area contributed by atoms with Crippen molar-refractivity contribution < 1.29 is 13.5 Å². The molecule has 0 bridgehead atoms. The van der Waals surface area contributed by atoms with Crippen LogP contribution in [-0.2, 0) is 0 Å². The molecule has 0 aliphatic rings. The molecule has 0 heterocycles. The van der Waals surface area contributed by atoms with E-state index in [9.17, 15) is 8.78 Å². The van der Waals surface area contributed by atoms with Gasteiger partial charge in [0.05, 0.1) is 12.5 Å². The first-order valence-electron chi connectivity index (χ1n) is 6.60. The van der Waals surface area contributed by atoms with E-state index >= 15 is 0 Å². The van der Waals surface area contributed by atoms with Gasteiger partial charge in [-0.15, -0.1) is 11.6 Å². The van der Waals surface area contributed by atoms with Crippen LogP contribution in [0.2, 0.25) is 0 Å². The summed E-state index contributed by atoms with van der Waals surface area (Å²) in [6.07, 6.45) is 0. The van der Waals surface area contributed by atoms with Crippen molar-refractivity contribution >= 4 is 11.6 Å². The fourth-order valence-corrected chi connectivity index (χ4v) is 3.21. The number of methoxy groups -OCH3 is 1. The van der Waals surface area contributed by atoms with E-state index < -0.39 is 17.0 Å². The first-order chi connectivity index (χ1) is 9.85. The molecule has 1 unspecified atom stereocenters. The third kappa shape index (κ3) is 3.03. The summed E-state index contributed by atoms with van der Waals surface area (Å²) in [5, 5.41) is -0.878. The van der Waals surface area contributed by atoms with E-state index in [1.54, 1.807) is 0 Å². The second kappa shape index (κ2) is 6.02. The van der Waals surface area contributed by atoms with E-state index in [1.807, 2.05) is 32.9 Å². The number of aryl methyl sites for hydroxylation is 3. The molecule has 0 aliphatic carbocycles. The Morgan fingerprint density at radius 1 is 0.905 bits per heavy atom. The van der Waals surface area contributed by atoms with Gasteiger partial charge in [-0.25, -0.2) is 8.78 Å². The largest absolute Gasteiger partial charge is 0.497 e. The number of hydrogen-bond donors (Lipinski definition) is 0. The van der Waals surface area contributed by atoms with Crippen LogP contribution in [0.4, 0.5) is 8.78 Å². The van der Waals surface area contributed by atoms with E-state index in [0.717, 1.165) is 34.4 Å². The molecule has 2 rings (SSSR count). The highest BCUT2D eigenvalue weighted by Gasteiger charge is 2.24. The summed E-state index contributed by atoms with van der Waals surface area (Å²) in [4.78, 5) is 0. The molecular weight excluding hydrogens is 294 g/mol. The molecule has 0 saturated carbocycles. The normalized spacial score (nSPS) is 12.3. The second-order valence-electron chi connectivity index (χ2n) is 5.18. The number of hydrogen-bond acceptors (Lipinski definition) is 1. The first-order valence-corrected chi connectivity index (χ1v) is 7.03. The van der Waals surface area contributed by atoms with Gasteiger partial charge in [-0.1, -0.05) is 17.7 Å². The van der Waals surface area contributed by atoms with Gasteiger partial charge in [-0.3, -0.25) is 0 Å². The van der Waals surface area contributed by atoms with Gasteiger partial charge in [0.25, 0.3) is 0 Å². The fraction of sp³-hybridized carbons (Fsp3) is 0.294. The Labute approximate surface area is 128 Å². The maximum atomic E-state index is 14.2. The van der Waals surface area contributed by atoms with Crippen molar-refractivity contribution in [1.29, 1.82) is 0 Å². The molecule has 2 aromatic rings. The maximum absolute atomic E-state index is 14.2. The Hall–Kier alpha value is -1.61. The van der Waals surface area contributed by atoms with Gasteiger partial charge < -0.3 is 4.74 Å². The van der Waals surface area contributed by atoms with Crippen molar-refractivity contribution in [1.82, 2.24) is 0 Å². The van der Waals surface area contributed by atoms with Crippen molar-refractivity contribution in [3.8, 4) is 5.75 Å². The SMILES string of the molecule is COc1cc(F)c(C(Cl)c2c(C)cc(C)cc2C)c(F)c1. The van der Waals surface area contributed by atoms with Crippen LogP contribution >= 0.6 is 11.6 Å². The lowest BCUT2D eigenvalue weighted by Gasteiger charge is -2.18. The van der Waals surface area contributed by atoms with Crippen molar-refractivity contribution in [2.45, 2.75) is 26.1 Å². The average Bonchev–Trinajstić information content (AvgIpc) is 2.36. The van der Waals surface area contributed by atoms with Crippen LogP contribution in [0.15, 0.2) is 24.3 Å². The minimum atomic E-state index is -0.878. The van der Waals surface area contributed by atoms with Gasteiger partial charge >= 0.3 is 0 Å². The van der Waals surface area contributed by atoms with Gasteiger partial charge in [-0.05, 0) is 37.5 Å². The van der Waals surface area contributed by atoms with E-state index in [2.05, 4.69) is 0 Å². The lowest BCUT2D eigenvalue weighted by atomic mass is 9.93. The zero-order valence-corrected chi connectivity index (χ0v) is 13.2. The standard InChI is InChI=1S/C17H17ClF2O/c1-9-5-10(2)15(11(3)6-9)17(18)16-13(19)7-12(21-4)8-14(16)20/h5-8,17H,1-4H3. The zero-order chi connectivity index (χ0) is 15.7. The number of rotatable bonds is 3. The predicted molar refractivity (Wildman–Crippen MR) is 81.3 cm³/mol. The molecule has 0 N–H and O–H groups in total. The summed E-state index contributed by atoms with van der Waals surface area (Å²) in [5.74, 6) is -1.27. The molecule has 1 atom stereocenters. The number of alkyl halides is 1. The average molecular weight is 311 g/mol. The maximum Gasteiger partial charge on any atom is 0.134 e. The van der Waals surface area contributed by atoms with Gasteiger partial charge in [0, 0.05) is 17.7 Å². The predicted octanol–water partition coefficient (Wildman–Crippen LogP) is 5.23. The van der Waals surface area contributed by atoms with Crippen molar-refractivity contribution in [2.24, 2.45) is 0 Å². The summed E-state index contributed by atoms with van der Waals surface area (Å²) in [6.45, 7) is 5.76. The molecule has 0 aliphatic heterocycles. The molecule has 21 heavy (non-hydrogen) atoms. The summed E-state index contributed by atoms with van der Waals surface area (Å²) in [6, 6.07) is 6.20. The van der Waals surface area contributed by atoms with E-state index in [0.29, 0.717) is 0 Å². The van der Waals surface area contributed by atoms with Crippen LogP contribution < -0.4 is 4.74 Å². The fourth-order valence-electron chi connectivity index (χ4n) is 2.66. The van der Waals surface area contributed by atoms with Gasteiger partial charge in [-0.2, -0.15) is 0 Å². The summed E-state index contributed by atoms with van der Waals surface area (Å²) in [7, 11) is 1.36. The van der Waals surface area contributed by atoms with E-state index in [-0.39, 0.29) is 11.3 Å². The third-order valence-electron chi connectivity index (χ3n) is 3.53. The van der Waals surface area contributed by atoms with Crippen LogP contribution in [0.3, 0.4) is 0 Å². The monoisotopic (exact) mass is 310 g/mol. The Morgan fingerprint density at radius 2 is 1.38 bits per heavy atom. The Kier molecular flexibility index (Phi) is 4.52. The Morgan fingerprint density at radius 3 is 1.81 bits per heavy atom. The molecule has 4 heteroatoms. The van der Waals surface area contributed by atoms with Crippen LogP contribution in [0, 0.1) is 32.4 Å². The number of halogens is 3. The molecule has 112 valence electrons. The number of ether oxygens (including phenoxy) is 1. The van der Waals surface area contributed by atoms with Gasteiger partial charge in [0.2, 0.25) is 0 Å². The molecule has 1 nitrogen and oxygen atoms in total. The molecule has 0 spiro atoms. The van der Waals surface area contributed by atoms with Gasteiger partial charge in [0.1, 0.15) is 17.4 Å². The minimum absolute atomic E-state index is 0.134. The lowest BCUT2D eigenvalue weighted by molar-refractivity contribution is 0.405. The quantitative estimate of drug-likeness (QED) is 0.706. The molecular formula is C17H17ClF2O. The topological polar surface area (TPSA) is 9.23 Å². The third-order valence-corrected chi connectivity index (χ3v) is 3.97. The molecule has 0 aromatic heterocycles. The van der Waals surface area contributed by atoms with Crippen LogP contribution in [0.5, 0.6) is 5.75 Å². The Bertz CT molecular complexity index is 636. The summed E-state index contributed by atoms with van der Waals surface area (Å²) >= 11 is 6.38. The van der Waals surface area contributed by atoms with Crippen molar-refractivity contribution in [3.05, 3.63) is 63.7 Å².